The molecule has 1 aliphatic rings. The Kier molecular flexibility index (Phi) is 5.74. The van der Waals surface area contributed by atoms with Crippen molar-refractivity contribution in [2.24, 2.45) is 0 Å². The molecule has 0 radical (unpaired) electrons. The molecule has 0 spiro atoms. The fourth-order valence-electron chi connectivity index (χ4n) is 3.74. The Labute approximate surface area is 164 Å². The van der Waals surface area contributed by atoms with Gasteiger partial charge in [-0.05, 0) is 23.6 Å². The molecule has 28 heavy (non-hydrogen) atoms. The van der Waals surface area contributed by atoms with Gasteiger partial charge in [-0.15, -0.1) is 0 Å². The Bertz CT molecular complexity index is 920. The van der Waals surface area contributed by atoms with Crippen LogP contribution in [0.4, 0.5) is 10.1 Å². The number of halogens is 1. The van der Waals surface area contributed by atoms with E-state index < -0.39 is 6.10 Å². The highest BCUT2D eigenvalue weighted by atomic mass is 19.1. The lowest BCUT2D eigenvalue weighted by molar-refractivity contribution is 0.0668. The molecule has 0 amide bonds. The lowest BCUT2D eigenvalue weighted by atomic mass is 10.1. The van der Waals surface area contributed by atoms with Gasteiger partial charge in [-0.25, -0.2) is 4.39 Å². The molecule has 0 aliphatic carbocycles. The molecule has 3 aromatic rings. The molecule has 1 fully saturated rings. The van der Waals surface area contributed by atoms with Gasteiger partial charge in [0.2, 0.25) is 0 Å². The van der Waals surface area contributed by atoms with Gasteiger partial charge in [-0.3, -0.25) is 4.90 Å². The fraction of sp³-hybridized carbons (Fsp3) is 0.304. The normalized spacial score (nSPS) is 16.3. The molecular weight excluding hydrogens is 355 g/mol. The number of nitrogens with zero attached hydrogens (tertiary/aromatic N) is 2. The first kappa shape index (κ1) is 18.7. The minimum absolute atomic E-state index is 0.181. The van der Waals surface area contributed by atoms with Crippen molar-refractivity contribution < 1.29 is 14.2 Å². The number of para-hydroxylation sites is 1. The molecular formula is C23H25FN2O2. The van der Waals surface area contributed by atoms with Crippen LogP contribution < -0.4 is 9.64 Å². The molecule has 0 aromatic heterocycles. The SMILES string of the molecule is O[C@@H](COc1cccc2ccccc12)CN1CCN(c2ccccc2F)CC1. The number of benzene rings is 3. The molecule has 0 unspecified atom stereocenters. The largest absolute Gasteiger partial charge is 0.490 e. The number of β-amino-alcohol motifs (C(OH)–C–C–N with tert-alkyl or cyclic N) is 1. The fourth-order valence-corrected chi connectivity index (χ4v) is 3.74. The van der Waals surface area contributed by atoms with E-state index in [-0.39, 0.29) is 12.4 Å². The van der Waals surface area contributed by atoms with Crippen LogP contribution in [0.3, 0.4) is 0 Å². The number of aliphatic hydroxyl groups is 1. The second kappa shape index (κ2) is 8.59. The van der Waals surface area contributed by atoms with E-state index in [1.807, 2.05) is 54.6 Å². The predicted molar refractivity (Wildman–Crippen MR) is 111 cm³/mol. The molecule has 1 saturated heterocycles. The molecule has 1 heterocycles. The quantitative estimate of drug-likeness (QED) is 0.710. The summed E-state index contributed by atoms with van der Waals surface area (Å²) in [4.78, 5) is 4.26. The molecule has 4 rings (SSSR count). The summed E-state index contributed by atoms with van der Waals surface area (Å²) in [6.07, 6.45) is -0.570. The molecule has 1 aliphatic heterocycles. The Morgan fingerprint density at radius 2 is 1.61 bits per heavy atom. The van der Waals surface area contributed by atoms with Gasteiger partial charge in [0.1, 0.15) is 24.3 Å². The van der Waals surface area contributed by atoms with Crippen molar-refractivity contribution in [3.63, 3.8) is 0 Å². The van der Waals surface area contributed by atoms with Crippen LogP contribution in [0.15, 0.2) is 66.7 Å². The van der Waals surface area contributed by atoms with Crippen molar-refractivity contribution in [2.75, 3.05) is 44.2 Å². The number of ether oxygens (including phenoxy) is 1. The second-order valence-electron chi connectivity index (χ2n) is 7.18. The van der Waals surface area contributed by atoms with Crippen LogP contribution >= 0.6 is 0 Å². The summed E-state index contributed by atoms with van der Waals surface area (Å²) in [5, 5.41) is 12.6. The van der Waals surface area contributed by atoms with Crippen LogP contribution in [0.2, 0.25) is 0 Å². The van der Waals surface area contributed by atoms with Gasteiger partial charge in [0, 0.05) is 38.1 Å². The van der Waals surface area contributed by atoms with Crippen molar-refractivity contribution in [3.8, 4) is 5.75 Å². The number of hydrogen-bond donors (Lipinski definition) is 1. The summed E-state index contributed by atoms with van der Waals surface area (Å²) in [5.74, 6) is 0.612. The van der Waals surface area contributed by atoms with Gasteiger partial charge in [0.05, 0.1) is 5.69 Å². The summed E-state index contributed by atoms with van der Waals surface area (Å²) in [6.45, 7) is 3.88. The molecule has 4 nitrogen and oxygen atoms in total. The third-order valence-electron chi connectivity index (χ3n) is 5.22. The summed E-state index contributed by atoms with van der Waals surface area (Å²) in [7, 11) is 0. The number of anilines is 1. The molecule has 146 valence electrons. The van der Waals surface area contributed by atoms with Gasteiger partial charge in [0.15, 0.2) is 0 Å². The van der Waals surface area contributed by atoms with E-state index in [4.69, 9.17) is 4.74 Å². The third-order valence-corrected chi connectivity index (χ3v) is 5.22. The number of aliphatic hydroxyl groups excluding tert-OH is 1. The van der Waals surface area contributed by atoms with Gasteiger partial charge < -0.3 is 14.7 Å². The van der Waals surface area contributed by atoms with Crippen LogP contribution in [0, 0.1) is 5.82 Å². The average Bonchev–Trinajstić information content (AvgIpc) is 2.73. The van der Waals surface area contributed by atoms with Crippen molar-refractivity contribution in [1.29, 1.82) is 0 Å². The van der Waals surface area contributed by atoms with Crippen molar-refractivity contribution in [2.45, 2.75) is 6.10 Å². The Morgan fingerprint density at radius 1 is 0.893 bits per heavy atom. The number of fused-ring (bicyclic) bond motifs is 1. The van der Waals surface area contributed by atoms with Gasteiger partial charge >= 0.3 is 0 Å². The van der Waals surface area contributed by atoms with Crippen molar-refractivity contribution in [3.05, 3.63) is 72.5 Å². The van der Waals surface area contributed by atoms with E-state index in [0.717, 1.165) is 42.7 Å². The second-order valence-corrected chi connectivity index (χ2v) is 7.18. The summed E-state index contributed by atoms with van der Waals surface area (Å²) in [6, 6.07) is 20.9. The summed E-state index contributed by atoms with van der Waals surface area (Å²) in [5.41, 5.74) is 0.655. The molecule has 0 bridgehead atoms. The van der Waals surface area contributed by atoms with E-state index in [1.165, 1.54) is 6.07 Å². The maximum absolute atomic E-state index is 13.9. The highest BCUT2D eigenvalue weighted by Crippen LogP contribution is 2.25. The third kappa shape index (κ3) is 4.26. The summed E-state index contributed by atoms with van der Waals surface area (Å²) >= 11 is 0. The molecule has 1 N–H and O–H groups in total. The van der Waals surface area contributed by atoms with E-state index >= 15 is 0 Å². The van der Waals surface area contributed by atoms with E-state index in [0.29, 0.717) is 12.2 Å². The van der Waals surface area contributed by atoms with E-state index in [1.54, 1.807) is 6.07 Å². The van der Waals surface area contributed by atoms with Crippen LogP contribution in [0.1, 0.15) is 0 Å². The molecule has 1 atom stereocenters. The Morgan fingerprint density at radius 3 is 2.43 bits per heavy atom. The molecule has 0 saturated carbocycles. The number of rotatable bonds is 6. The maximum Gasteiger partial charge on any atom is 0.146 e. The van der Waals surface area contributed by atoms with Gasteiger partial charge in [0.25, 0.3) is 0 Å². The van der Waals surface area contributed by atoms with E-state index in [9.17, 15) is 9.50 Å². The highest BCUT2D eigenvalue weighted by molar-refractivity contribution is 5.88. The van der Waals surface area contributed by atoms with Crippen LogP contribution in [-0.2, 0) is 0 Å². The van der Waals surface area contributed by atoms with Crippen LogP contribution in [-0.4, -0.2) is 55.4 Å². The zero-order chi connectivity index (χ0) is 19.3. The molecule has 5 heteroatoms. The van der Waals surface area contributed by atoms with Gasteiger partial charge in [-0.2, -0.15) is 0 Å². The monoisotopic (exact) mass is 380 g/mol. The average molecular weight is 380 g/mol. The first-order chi connectivity index (χ1) is 13.7. The topological polar surface area (TPSA) is 35.9 Å². The number of hydrogen-bond acceptors (Lipinski definition) is 4. The lowest BCUT2D eigenvalue weighted by Crippen LogP contribution is -2.49. The number of piperazine rings is 1. The minimum atomic E-state index is -0.570. The Hall–Kier alpha value is -2.63. The van der Waals surface area contributed by atoms with Crippen molar-refractivity contribution in [1.82, 2.24) is 4.90 Å². The lowest BCUT2D eigenvalue weighted by Gasteiger charge is -2.36. The predicted octanol–water partition coefficient (Wildman–Crippen LogP) is 3.54. The maximum atomic E-state index is 13.9. The van der Waals surface area contributed by atoms with E-state index in [2.05, 4.69) is 9.80 Å². The minimum Gasteiger partial charge on any atom is -0.490 e. The Balaban J connectivity index is 1.28. The van der Waals surface area contributed by atoms with Gasteiger partial charge in [-0.1, -0.05) is 48.5 Å². The van der Waals surface area contributed by atoms with Crippen LogP contribution in [0.25, 0.3) is 10.8 Å². The smallest absolute Gasteiger partial charge is 0.146 e. The first-order valence-corrected chi connectivity index (χ1v) is 9.71. The van der Waals surface area contributed by atoms with Crippen molar-refractivity contribution >= 4 is 16.5 Å². The highest BCUT2D eigenvalue weighted by Gasteiger charge is 2.21. The zero-order valence-electron chi connectivity index (χ0n) is 15.8. The zero-order valence-corrected chi connectivity index (χ0v) is 15.8. The summed E-state index contributed by atoms with van der Waals surface area (Å²) < 4.78 is 19.8. The molecule has 3 aromatic carbocycles. The standard InChI is InChI=1S/C23H25FN2O2/c24-21-9-3-4-10-22(21)26-14-12-25(13-15-26)16-19(27)17-28-23-11-5-7-18-6-1-2-8-20(18)23/h1-11,19,27H,12-17H2/t19-/m1/s1. The van der Waals surface area contributed by atoms with Crippen LogP contribution in [0.5, 0.6) is 5.75 Å². The first-order valence-electron chi connectivity index (χ1n) is 9.71.